The largest absolute Gasteiger partial charge is 0.488 e. The molecular weight excluding hydrogens is 431 g/mol. The number of hydrogen-bond donors (Lipinski definition) is 0. The van der Waals surface area contributed by atoms with Crippen molar-refractivity contribution in [3.8, 4) is 5.75 Å². The minimum Gasteiger partial charge on any atom is -0.488 e. The lowest BCUT2D eigenvalue weighted by Gasteiger charge is -2.32. The molecule has 0 N–H and O–H groups in total. The Morgan fingerprint density at radius 1 is 1.10 bits per heavy atom. The van der Waals surface area contributed by atoms with E-state index in [1.807, 2.05) is 0 Å². The molecule has 1 aliphatic heterocycles. The number of ether oxygens (including phenoxy) is 5. The fourth-order valence-corrected chi connectivity index (χ4v) is 3.49. The molecule has 176 valence electrons. The van der Waals surface area contributed by atoms with Gasteiger partial charge in [-0.2, -0.15) is 17.6 Å². The van der Waals surface area contributed by atoms with Gasteiger partial charge in [0.15, 0.2) is 23.3 Å². The lowest BCUT2D eigenvalue weighted by molar-refractivity contribution is -0.274. The van der Waals surface area contributed by atoms with Crippen LogP contribution >= 0.6 is 0 Å². The van der Waals surface area contributed by atoms with Crippen molar-refractivity contribution in [2.45, 2.75) is 37.6 Å². The number of rotatable bonds is 9. The zero-order chi connectivity index (χ0) is 23.4. The van der Waals surface area contributed by atoms with Gasteiger partial charge in [-0.1, -0.05) is 13.0 Å². The van der Waals surface area contributed by atoms with E-state index in [9.17, 15) is 26.7 Å². The van der Waals surface area contributed by atoms with E-state index in [0.29, 0.717) is 0 Å². The second-order valence-electron chi connectivity index (χ2n) is 7.24. The summed E-state index contributed by atoms with van der Waals surface area (Å²) in [6.07, 6.45) is -6.57. The molecule has 6 nitrogen and oxygen atoms in total. The fourth-order valence-electron chi connectivity index (χ4n) is 3.49. The van der Waals surface area contributed by atoms with Crippen LogP contribution < -0.4 is 4.74 Å². The second-order valence-corrected chi connectivity index (χ2v) is 7.24. The average molecular weight is 456 g/mol. The predicted octanol–water partition coefficient (Wildman–Crippen LogP) is 3.62. The van der Waals surface area contributed by atoms with Crippen LogP contribution in [0.2, 0.25) is 0 Å². The summed E-state index contributed by atoms with van der Waals surface area (Å²) in [6.45, 7) is 1.67. The molecule has 0 saturated carbocycles. The Morgan fingerprint density at radius 2 is 1.71 bits per heavy atom. The first-order valence-electron chi connectivity index (χ1n) is 9.49. The van der Waals surface area contributed by atoms with Gasteiger partial charge in [0.1, 0.15) is 13.2 Å². The average Bonchev–Trinajstić information content (AvgIpc) is 2.98. The number of carbonyl (C=O) groups is 1. The van der Waals surface area contributed by atoms with Crippen LogP contribution in [0.5, 0.6) is 5.75 Å². The van der Waals surface area contributed by atoms with Crippen molar-refractivity contribution in [3.05, 3.63) is 29.3 Å². The maximum atomic E-state index is 14.5. The van der Waals surface area contributed by atoms with Gasteiger partial charge in [-0.15, -0.1) is 0 Å². The molecular formula is C20H25F5O6. The zero-order valence-electron chi connectivity index (χ0n) is 17.6. The number of halogens is 5. The third kappa shape index (κ3) is 5.09. The molecule has 0 aromatic heterocycles. The Bertz CT molecular complexity index is 771. The van der Waals surface area contributed by atoms with E-state index in [0.717, 1.165) is 19.1 Å². The van der Waals surface area contributed by atoms with Crippen LogP contribution in [-0.2, 0) is 23.7 Å². The Labute approximate surface area is 176 Å². The van der Waals surface area contributed by atoms with Gasteiger partial charge in [0.05, 0.1) is 13.2 Å². The highest BCUT2D eigenvalue weighted by atomic mass is 19.4. The molecule has 11 heteroatoms. The van der Waals surface area contributed by atoms with Gasteiger partial charge in [0.25, 0.3) is 0 Å². The molecule has 0 amide bonds. The van der Waals surface area contributed by atoms with Crippen molar-refractivity contribution in [2.75, 3.05) is 40.6 Å². The highest BCUT2D eigenvalue weighted by Crippen LogP contribution is 2.55. The van der Waals surface area contributed by atoms with Gasteiger partial charge in [-0.05, 0) is 13.0 Å². The number of methoxy groups -OCH3 is 2. The Balaban J connectivity index is 2.53. The third-order valence-corrected chi connectivity index (χ3v) is 5.41. The first-order chi connectivity index (χ1) is 14.5. The van der Waals surface area contributed by atoms with Crippen LogP contribution in [0.1, 0.15) is 25.3 Å². The van der Waals surface area contributed by atoms with Gasteiger partial charge in [-0.25, -0.2) is 9.18 Å². The van der Waals surface area contributed by atoms with Crippen LogP contribution in [0, 0.1) is 17.6 Å². The molecule has 1 aliphatic rings. The summed E-state index contributed by atoms with van der Waals surface area (Å²) in [5, 5.41) is 0. The molecule has 4 unspecified atom stereocenters. The molecule has 1 saturated heterocycles. The summed E-state index contributed by atoms with van der Waals surface area (Å²) in [5.74, 6) is -6.99. The fraction of sp³-hybridized carbons (Fsp3) is 0.650. The first kappa shape index (κ1) is 25.3. The number of carbonyl (C=O) groups excluding carboxylic acids is 1. The van der Waals surface area contributed by atoms with Crippen molar-refractivity contribution in [1.82, 2.24) is 0 Å². The maximum Gasteiger partial charge on any atom is 0.417 e. The smallest absolute Gasteiger partial charge is 0.417 e. The minimum absolute atomic E-state index is 0.0196. The lowest BCUT2D eigenvalue weighted by Crippen LogP contribution is -2.47. The monoisotopic (exact) mass is 456 g/mol. The van der Waals surface area contributed by atoms with Crippen LogP contribution in [0.3, 0.4) is 0 Å². The van der Waals surface area contributed by atoms with Crippen molar-refractivity contribution in [1.29, 1.82) is 0 Å². The van der Waals surface area contributed by atoms with Crippen LogP contribution in [-0.4, -0.2) is 64.5 Å². The number of hydrogen-bond acceptors (Lipinski definition) is 6. The summed E-state index contributed by atoms with van der Waals surface area (Å²) >= 11 is 0. The molecule has 0 bridgehead atoms. The van der Waals surface area contributed by atoms with E-state index in [2.05, 4.69) is 0 Å². The van der Waals surface area contributed by atoms with Gasteiger partial charge in [0, 0.05) is 31.6 Å². The van der Waals surface area contributed by atoms with Crippen molar-refractivity contribution in [3.63, 3.8) is 0 Å². The summed E-state index contributed by atoms with van der Waals surface area (Å²) in [6, 6.07) is 1.85. The summed E-state index contributed by atoms with van der Waals surface area (Å²) in [7, 11) is 2.72. The molecule has 0 radical (unpaired) electrons. The number of esters is 1. The molecule has 0 spiro atoms. The standard InChI is InChI=1S/C20H25F5O6/c1-11-14(12-5-6-13(21)15(22)16(12)29-9-7-27-3)17(18(26)30-10-8-28-4)31-19(11,2)20(23,24)25/h5-6,11,14,17H,7-10H2,1-4H3. The first-order valence-corrected chi connectivity index (χ1v) is 9.49. The molecule has 1 aromatic rings. The zero-order valence-corrected chi connectivity index (χ0v) is 17.6. The maximum absolute atomic E-state index is 14.5. The van der Waals surface area contributed by atoms with Gasteiger partial charge >= 0.3 is 12.1 Å². The topological polar surface area (TPSA) is 63.2 Å². The van der Waals surface area contributed by atoms with Crippen LogP contribution in [0.15, 0.2) is 12.1 Å². The highest BCUT2D eigenvalue weighted by Gasteiger charge is 2.66. The quantitative estimate of drug-likeness (QED) is 0.321. The molecule has 1 fully saturated rings. The Hall–Kier alpha value is -1.98. The summed E-state index contributed by atoms with van der Waals surface area (Å²) in [4.78, 5) is 12.6. The van der Waals surface area contributed by atoms with E-state index < -0.39 is 53.1 Å². The van der Waals surface area contributed by atoms with Crippen molar-refractivity contribution < 1.29 is 50.4 Å². The SMILES string of the molecule is COCCOC(=O)C1OC(C)(C(F)(F)F)C(C)C1c1ccc(F)c(F)c1OCCOC. The summed E-state index contributed by atoms with van der Waals surface area (Å²) < 4.78 is 94.9. The number of benzene rings is 1. The van der Waals surface area contributed by atoms with E-state index in [1.54, 1.807) is 0 Å². The van der Waals surface area contributed by atoms with E-state index in [4.69, 9.17) is 23.7 Å². The van der Waals surface area contributed by atoms with Crippen LogP contribution in [0.4, 0.5) is 22.0 Å². The molecule has 31 heavy (non-hydrogen) atoms. The van der Waals surface area contributed by atoms with Gasteiger partial charge in [0.2, 0.25) is 5.82 Å². The van der Waals surface area contributed by atoms with Crippen molar-refractivity contribution in [2.24, 2.45) is 5.92 Å². The van der Waals surface area contributed by atoms with Crippen LogP contribution in [0.25, 0.3) is 0 Å². The lowest BCUT2D eigenvalue weighted by atomic mass is 9.77. The Kier molecular flexibility index (Phi) is 8.23. The van der Waals surface area contributed by atoms with Gasteiger partial charge < -0.3 is 23.7 Å². The molecule has 1 aromatic carbocycles. The van der Waals surface area contributed by atoms with Crippen molar-refractivity contribution >= 4 is 5.97 Å². The van der Waals surface area contributed by atoms with E-state index in [1.165, 1.54) is 21.1 Å². The van der Waals surface area contributed by atoms with E-state index in [-0.39, 0.29) is 32.0 Å². The summed E-state index contributed by atoms with van der Waals surface area (Å²) in [5.41, 5.74) is -2.87. The molecule has 4 atom stereocenters. The van der Waals surface area contributed by atoms with E-state index >= 15 is 0 Å². The Morgan fingerprint density at radius 3 is 2.29 bits per heavy atom. The molecule has 2 rings (SSSR count). The number of alkyl halides is 3. The predicted molar refractivity (Wildman–Crippen MR) is 97.8 cm³/mol. The highest BCUT2D eigenvalue weighted by molar-refractivity contribution is 5.77. The second kappa shape index (κ2) is 10.1. The molecule has 1 heterocycles. The minimum atomic E-state index is -4.85. The normalized spacial score (nSPS) is 26.2. The third-order valence-electron chi connectivity index (χ3n) is 5.41. The molecule has 0 aliphatic carbocycles. The van der Waals surface area contributed by atoms with Gasteiger partial charge in [-0.3, -0.25) is 0 Å².